The van der Waals surface area contributed by atoms with E-state index in [0.717, 1.165) is 25.9 Å². The normalized spacial score (nSPS) is 14.5. The smallest absolute Gasteiger partial charge is 0.308 e. The molecule has 1 aromatic carbocycles. The molecule has 0 unspecified atom stereocenters. The number of carbonyl (C=O) groups excluding carboxylic acids is 2. The van der Waals surface area contributed by atoms with Crippen LogP contribution in [-0.4, -0.2) is 22.7 Å². The molecule has 0 saturated heterocycles. The predicted octanol–water partition coefficient (Wildman–Crippen LogP) is 5.58. The summed E-state index contributed by atoms with van der Waals surface area (Å²) in [6.07, 6.45) is 6.77. The lowest BCUT2D eigenvalue weighted by atomic mass is 9.95. The molecule has 4 nitrogen and oxygen atoms in total. The van der Waals surface area contributed by atoms with E-state index in [1.807, 2.05) is 18.2 Å². The summed E-state index contributed by atoms with van der Waals surface area (Å²) in [4.78, 5) is 24.5. The molecule has 1 aromatic heterocycles. The first-order valence-electron chi connectivity index (χ1n) is 9.64. The minimum Gasteiger partial charge on any atom is -0.427 e. The number of thiophene rings is 1. The number of hydrogen-bond donors (Lipinski definition) is 1. The second-order valence-electron chi connectivity index (χ2n) is 7.22. The third kappa shape index (κ3) is 5.49. The van der Waals surface area contributed by atoms with Crippen LogP contribution in [0.3, 0.4) is 0 Å². The lowest BCUT2D eigenvalue weighted by Crippen LogP contribution is -2.22. The molecule has 1 saturated carbocycles. The number of carbonyl (C=O) groups is 2. The molecular formula is C22H25NO3S2. The molecule has 1 heterocycles. The second-order valence-corrected chi connectivity index (χ2v) is 8.76. The van der Waals surface area contributed by atoms with Crippen molar-refractivity contribution in [3.8, 4) is 5.75 Å². The number of ketones is 1. The largest absolute Gasteiger partial charge is 0.427 e. The minimum atomic E-state index is -0.344. The molecule has 2 aromatic rings. The minimum absolute atomic E-state index is 0.0830. The van der Waals surface area contributed by atoms with Crippen molar-refractivity contribution in [1.29, 1.82) is 0 Å². The molecule has 0 atom stereocenters. The van der Waals surface area contributed by atoms with E-state index in [-0.39, 0.29) is 11.8 Å². The predicted molar refractivity (Wildman–Crippen MR) is 118 cm³/mol. The van der Waals surface area contributed by atoms with Crippen LogP contribution >= 0.6 is 23.6 Å². The maximum atomic E-state index is 11.9. The van der Waals surface area contributed by atoms with E-state index in [1.54, 1.807) is 19.1 Å². The molecule has 0 radical (unpaired) electrons. The average Bonchev–Trinajstić information content (AvgIpc) is 3.05. The Labute approximate surface area is 175 Å². The van der Waals surface area contributed by atoms with E-state index in [9.17, 15) is 9.59 Å². The zero-order valence-electron chi connectivity index (χ0n) is 16.2. The number of nitrogens with one attached hydrogen (secondary N) is 1. The van der Waals surface area contributed by atoms with Crippen molar-refractivity contribution in [3.63, 3.8) is 0 Å². The number of rotatable bonds is 7. The standard InChI is InChI=1S/C22H25NO3S2/c1-14(24)21-13-17(22(28-21)23-18-6-4-3-5-7-18)12-20(27)16-8-10-19(11-9-16)26-15(2)25/h8-11,13,18,23H,3-7,12H2,1-2H3. The number of benzene rings is 1. The first-order chi connectivity index (χ1) is 13.4. The van der Waals surface area contributed by atoms with Crippen LogP contribution in [0.15, 0.2) is 30.3 Å². The van der Waals surface area contributed by atoms with Gasteiger partial charge in [0.2, 0.25) is 0 Å². The summed E-state index contributed by atoms with van der Waals surface area (Å²) in [5.41, 5.74) is 2.00. The van der Waals surface area contributed by atoms with Gasteiger partial charge in [0.1, 0.15) is 5.75 Å². The molecule has 1 fully saturated rings. The van der Waals surface area contributed by atoms with Gasteiger partial charge in [-0.25, -0.2) is 0 Å². The number of ether oxygens (including phenoxy) is 1. The molecule has 28 heavy (non-hydrogen) atoms. The highest BCUT2D eigenvalue weighted by Gasteiger charge is 2.19. The molecule has 1 aliphatic rings. The number of esters is 1. The Bertz CT molecular complexity index is 864. The lowest BCUT2D eigenvalue weighted by Gasteiger charge is -2.23. The van der Waals surface area contributed by atoms with Crippen LogP contribution in [0.4, 0.5) is 5.00 Å². The Balaban J connectivity index is 1.75. The summed E-state index contributed by atoms with van der Waals surface area (Å²) in [5.74, 6) is 0.247. The van der Waals surface area contributed by atoms with Gasteiger partial charge in [-0.1, -0.05) is 43.6 Å². The van der Waals surface area contributed by atoms with Crippen molar-refractivity contribution >= 4 is 45.2 Å². The van der Waals surface area contributed by atoms with Crippen LogP contribution in [0, 0.1) is 0 Å². The third-order valence-electron chi connectivity index (χ3n) is 4.89. The fraction of sp³-hybridized carbons (Fsp3) is 0.409. The molecule has 0 amide bonds. The fourth-order valence-corrected chi connectivity index (χ4v) is 4.78. The zero-order chi connectivity index (χ0) is 20.1. The molecule has 0 bridgehead atoms. The van der Waals surface area contributed by atoms with Gasteiger partial charge in [0.05, 0.1) is 9.88 Å². The Morgan fingerprint density at radius 1 is 1.14 bits per heavy atom. The van der Waals surface area contributed by atoms with Crippen LogP contribution in [0.5, 0.6) is 5.75 Å². The summed E-state index contributed by atoms with van der Waals surface area (Å²) in [7, 11) is 0. The SMILES string of the molecule is CC(=O)Oc1ccc(C(=S)Cc2cc(C(C)=O)sc2NC2CCCCC2)cc1. The summed E-state index contributed by atoms with van der Waals surface area (Å²) in [6.45, 7) is 2.98. The first-order valence-corrected chi connectivity index (χ1v) is 10.9. The Morgan fingerprint density at radius 3 is 2.43 bits per heavy atom. The average molecular weight is 416 g/mol. The van der Waals surface area contributed by atoms with Crippen LogP contribution in [-0.2, 0) is 11.2 Å². The van der Waals surface area contributed by atoms with Gasteiger partial charge in [0, 0.05) is 24.3 Å². The van der Waals surface area contributed by atoms with E-state index in [0.29, 0.717) is 18.2 Å². The van der Waals surface area contributed by atoms with Crippen molar-refractivity contribution in [2.75, 3.05) is 5.32 Å². The molecule has 3 rings (SSSR count). The van der Waals surface area contributed by atoms with Crippen LogP contribution in [0.1, 0.15) is 66.8 Å². The highest BCUT2D eigenvalue weighted by Crippen LogP contribution is 2.33. The first kappa shape index (κ1) is 20.7. The Hall–Kier alpha value is -2.05. The van der Waals surface area contributed by atoms with Gasteiger partial charge in [0.15, 0.2) is 5.78 Å². The van der Waals surface area contributed by atoms with Gasteiger partial charge in [-0.15, -0.1) is 11.3 Å². The quantitative estimate of drug-likeness (QED) is 0.277. The van der Waals surface area contributed by atoms with Crippen LogP contribution in [0.25, 0.3) is 0 Å². The van der Waals surface area contributed by atoms with Crippen molar-refractivity contribution in [3.05, 3.63) is 46.3 Å². The number of anilines is 1. The molecule has 0 spiro atoms. The number of Topliss-reactive ketones (excluding diaryl/α,β-unsaturated/α-hetero) is 1. The molecule has 1 aliphatic carbocycles. The van der Waals surface area contributed by atoms with Gasteiger partial charge in [-0.05, 0) is 49.1 Å². The highest BCUT2D eigenvalue weighted by molar-refractivity contribution is 7.80. The van der Waals surface area contributed by atoms with Gasteiger partial charge >= 0.3 is 5.97 Å². The van der Waals surface area contributed by atoms with Crippen molar-refractivity contribution in [2.45, 2.75) is 58.4 Å². The van der Waals surface area contributed by atoms with Crippen molar-refractivity contribution < 1.29 is 14.3 Å². The topological polar surface area (TPSA) is 55.4 Å². The summed E-state index contributed by atoms with van der Waals surface area (Å²) < 4.78 is 5.07. The van der Waals surface area contributed by atoms with Gasteiger partial charge in [-0.2, -0.15) is 0 Å². The van der Waals surface area contributed by atoms with Crippen LogP contribution < -0.4 is 10.1 Å². The van der Waals surface area contributed by atoms with E-state index in [2.05, 4.69) is 5.32 Å². The maximum absolute atomic E-state index is 11.9. The van der Waals surface area contributed by atoms with Crippen molar-refractivity contribution in [2.24, 2.45) is 0 Å². The van der Waals surface area contributed by atoms with E-state index in [4.69, 9.17) is 17.0 Å². The highest BCUT2D eigenvalue weighted by atomic mass is 32.1. The number of thiocarbonyl (C=S) groups is 1. The van der Waals surface area contributed by atoms with E-state index < -0.39 is 0 Å². The number of hydrogen-bond acceptors (Lipinski definition) is 6. The van der Waals surface area contributed by atoms with Gasteiger partial charge < -0.3 is 10.1 Å². The molecule has 148 valence electrons. The van der Waals surface area contributed by atoms with Gasteiger partial charge in [-0.3, -0.25) is 9.59 Å². The van der Waals surface area contributed by atoms with E-state index in [1.165, 1.54) is 50.4 Å². The summed E-state index contributed by atoms with van der Waals surface area (Å²) in [5, 5.41) is 4.73. The molecular weight excluding hydrogens is 390 g/mol. The molecule has 0 aliphatic heterocycles. The van der Waals surface area contributed by atoms with Gasteiger partial charge in [0.25, 0.3) is 0 Å². The maximum Gasteiger partial charge on any atom is 0.308 e. The molecule has 1 N–H and O–H groups in total. The molecule has 6 heteroatoms. The Kier molecular flexibility index (Phi) is 6.97. The zero-order valence-corrected chi connectivity index (χ0v) is 17.9. The van der Waals surface area contributed by atoms with Crippen LogP contribution in [0.2, 0.25) is 0 Å². The fourth-order valence-electron chi connectivity index (χ4n) is 3.44. The monoisotopic (exact) mass is 415 g/mol. The third-order valence-corrected chi connectivity index (χ3v) is 6.47. The second kappa shape index (κ2) is 9.43. The summed E-state index contributed by atoms with van der Waals surface area (Å²) >= 11 is 7.19. The van der Waals surface area contributed by atoms with E-state index >= 15 is 0 Å². The van der Waals surface area contributed by atoms with Crippen molar-refractivity contribution in [1.82, 2.24) is 0 Å². The Morgan fingerprint density at radius 2 is 1.82 bits per heavy atom. The summed E-state index contributed by atoms with van der Waals surface area (Å²) in [6, 6.07) is 9.68. The lowest BCUT2D eigenvalue weighted by molar-refractivity contribution is -0.131.